The highest BCUT2D eigenvalue weighted by Gasteiger charge is 2.04. The van der Waals surface area contributed by atoms with Crippen LogP contribution in [0.15, 0.2) is 18.2 Å². The zero-order chi connectivity index (χ0) is 9.14. The predicted molar refractivity (Wildman–Crippen MR) is 46.2 cm³/mol. The first-order chi connectivity index (χ1) is 5.65. The van der Waals surface area contributed by atoms with E-state index in [0.717, 1.165) is 0 Å². The smallest absolute Gasteiger partial charge is 0.176 e. The van der Waals surface area contributed by atoms with E-state index in [1.54, 1.807) is 19.1 Å². The molecule has 1 aromatic rings. The maximum absolute atomic E-state index is 11.1. The first kappa shape index (κ1) is 8.74. The van der Waals surface area contributed by atoms with Gasteiger partial charge in [0.25, 0.3) is 0 Å². The van der Waals surface area contributed by atoms with Crippen molar-refractivity contribution in [3.8, 4) is 5.75 Å². The molecule has 1 rings (SSSR count). The Hall–Kier alpha value is -1.35. The normalized spacial score (nSPS) is 9.83. The van der Waals surface area contributed by atoms with E-state index in [9.17, 15) is 4.79 Å². The fourth-order valence-electron chi connectivity index (χ4n) is 0.947. The van der Waals surface area contributed by atoms with Crippen molar-refractivity contribution in [2.24, 2.45) is 5.73 Å². The molecule has 0 aliphatic heterocycles. The lowest BCUT2D eigenvalue weighted by atomic mass is 10.1. The van der Waals surface area contributed by atoms with Gasteiger partial charge in [-0.15, -0.1) is 0 Å². The van der Waals surface area contributed by atoms with Crippen LogP contribution in [0.5, 0.6) is 5.75 Å². The van der Waals surface area contributed by atoms with E-state index < -0.39 is 0 Å². The Morgan fingerprint density at radius 3 is 2.75 bits per heavy atom. The molecule has 0 saturated heterocycles. The highest BCUT2D eigenvalue weighted by atomic mass is 16.3. The van der Waals surface area contributed by atoms with Gasteiger partial charge in [-0.2, -0.15) is 0 Å². The second-order valence-electron chi connectivity index (χ2n) is 2.63. The molecular formula is C9H11NO2. The summed E-state index contributed by atoms with van der Waals surface area (Å²) in [6, 6.07) is 4.69. The molecule has 0 unspecified atom stereocenters. The fraction of sp³-hybridized carbons (Fsp3) is 0.222. The first-order valence-corrected chi connectivity index (χ1v) is 3.68. The molecule has 0 aliphatic rings. The van der Waals surface area contributed by atoms with Gasteiger partial charge in [0, 0.05) is 5.56 Å². The molecule has 0 aliphatic carbocycles. The van der Waals surface area contributed by atoms with Crippen molar-refractivity contribution < 1.29 is 9.90 Å². The van der Waals surface area contributed by atoms with E-state index in [-0.39, 0.29) is 18.1 Å². The molecule has 12 heavy (non-hydrogen) atoms. The van der Waals surface area contributed by atoms with Gasteiger partial charge in [-0.3, -0.25) is 4.79 Å². The van der Waals surface area contributed by atoms with Crippen LogP contribution in [0.3, 0.4) is 0 Å². The van der Waals surface area contributed by atoms with E-state index in [0.29, 0.717) is 11.1 Å². The van der Waals surface area contributed by atoms with E-state index in [4.69, 9.17) is 10.8 Å². The van der Waals surface area contributed by atoms with Crippen LogP contribution in [0.1, 0.15) is 15.9 Å². The number of benzene rings is 1. The molecule has 0 amide bonds. The number of nitrogens with two attached hydrogens (primary N) is 1. The second-order valence-corrected chi connectivity index (χ2v) is 2.63. The predicted octanol–water partition coefficient (Wildman–Crippen LogP) is 0.842. The summed E-state index contributed by atoms with van der Waals surface area (Å²) in [5.74, 6) is 0.0849. The minimum Gasteiger partial charge on any atom is -0.508 e. The molecule has 0 fully saturated rings. The number of aromatic hydroxyl groups is 1. The Morgan fingerprint density at radius 1 is 1.58 bits per heavy atom. The van der Waals surface area contributed by atoms with Crippen molar-refractivity contribution in [1.82, 2.24) is 0 Å². The molecule has 0 heterocycles. The quantitative estimate of drug-likeness (QED) is 0.638. The third kappa shape index (κ3) is 1.62. The lowest BCUT2D eigenvalue weighted by Crippen LogP contribution is -2.13. The van der Waals surface area contributed by atoms with Crippen LogP contribution in [-0.2, 0) is 0 Å². The van der Waals surface area contributed by atoms with Crippen molar-refractivity contribution in [1.29, 1.82) is 0 Å². The van der Waals surface area contributed by atoms with Crippen molar-refractivity contribution in [2.45, 2.75) is 6.92 Å². The number of carbonyl (C=O) groups is 1. The van der Waals surface area contributed by atoms with Gasteiger partial charge in [0.2, 0.25) is 0 Å². The Bertz CT molecular complexity index is 307. The van der Waals surface area contributed by atoms with Crippen molar-refractivity contribution in [2.75, 3.05) is 6.54 Å². The minimum atomic E-state index is -0.113. The summed E-state index contributed by atoms with van der Waals surface area (Å²) >= 11 is 0. The van der Waals surface area contributed by atoms with E-state index >= 15 is 0 Å². The number of phenolic OH excluding ortho intramolecular Hbond substituents is 1. The van der Waals surface area contributed by atoms with Gasteiger partial charge in [0.1, 0.15) is 5.75 Å². The Kier molecular flexibility index (Phi) is 2.45. The molecule has 0 radical (unpaired) electrons. The standard InChI is InChI=1S/C9H11NO2/c1-6-4-7(9(12)5-10)2-3-8(6)11/h2-4,11H,5,10H2,1H3. The second kappa shape index (κ2) is 3.36. The van der Waals surface area contributed by atoms with Crippen LogP contribution >= 0.6 is 0 Å². The maximum Gasteiger partial charge on any atom is 0.176 e. The number of hydrogen-bond donors (Lipinski definition) is 2. The van der Waals surface area contributed by atoms with Crippen molar-refractivity contribution >= 4 is 5.78 Å². The molecular weight excluding hydrogens is 154 g/mol. The van der Waals surface area contributed by atoms with Gasteiger partial charge < -0.3 is 10.8 Å². The maximum atomic E-state index is 11.1. The third-order valence-corrected chi connectivity index (χ3v) is 1.70. The summed E-state index contributed by atoms with van der Waals surface area (Å²) in [6.45, 7) is 1.74. The van der Waals surface area contributed by atoms with Crippen LogP contribution < -0.4 is 5.73 Å². The molecule has 0 saturated carbocycles. The lowest BCUT2D eigenvalue weighted by Gasteiger charge is -2.01. The number of carbonyl (C=O) groups excluding carboxylic acids is 1. The van der Waals surface area contributed by atoms with Gasteiger partial charge >= 0.3 is 0 Å². The SMILES string of the molecule is Cc1cc(C(=O)CN)ccc1O. The summed E-state index contributed by atoms with van der Waals surface area (Å²) in [5, 5.41) is 9.16. The van der Waals surface area contributed by atoms with Crippen LogP contribution in [0.4, 0.5) is 0 Å². The molecule has 0 atom stereocenters. The van der Waals surface area contributed by atoms with Crippen molar-refractivity contribution in [3.05, 3.63) is 29.3 Å². The Balaban J connectivity index is 3.05. The average Bonchev–Trinajstić information content (AvgIpc) is 2.08. The van der Waals surface area contributed by atoms with Crippen LogP contribution in [0.2, 0.25) is 0 Å². The van der Waals surface area contributed by atoms with Crippen molar-refractivity contribution in [3.63, 3.8) is 0 Å². The number of phenols is 1. The highest BCUT2D eigenvalue weighted by molar-refractivity contribution is 5.97. The summed E-state index contributed by atoms with van der Waals surface area (Å²) in [4.78, 5) is 11.1. The zero-order valence-corrected chi connectivity index (χ0v) is 6.87. The average molecular weight is 165 g/mol. The molecule has 3 nitrogen and oxygen atoms in total. The molecule has 3 heteroatoms. The van der Waals surface area contributed by atoms with E-state index in [1.807, 2.05) is 0 Å². The molecule has 0 spiro atoms. The van der Waals surface area contributed by atoms with Gasteiger partial charge in [-0.1, -0.05) is 0 Å². The van der Waals surface area contributed by atoms with Crippen LogP contribution in [0, 0.1) is 6.92 Å². The number of aryl methyl sites for hydroxylation is 1. The summed E-state index contributed by atoms with van der Waals surface area (Å²) in [5.41, 5.74) is 6.42. The minimum absolute atomic E-state index is 0.00418. The van der Waals surface area contributed by atoms with Gasteiger partial charge in [0.05, 0.1) is 6.54 Å². The molecule has 0 aromatic heterocycles. The monoisotopic (exact) mass is 165 g/mol. The summed E-state index contributed by atoms with van der Waals surface area (Å²) in [6.07, 6.45) is 0. The third-order valence-electron chi connectivity index (χ3n) is 1.70. The summed E-state index contributed by atoms with van der Waals surface area (Å²) < 4.78 is 0. The molecule has 0 bridgehead atoms. The Labute approximate surface area is 70.8 Å². The number of Topliss-reactive ketones (excluding diaryl/α,β-unsaturated/α-hetero) is 1. The van der Waals surface area contributed by atoms with Gasteiger partial charge in [0.15, 0.2) is 5.78 Å². The molecule has 3 N–H and O–H groups in total. The van der Waals surface area contributed by atoms with E-state index in [2.05, 4.69) is 0 Å². The highest BCUT2D eigenvalue weighted by Crippen LogP contribution is 2.16. The fourth-order valence-corrected chi connectivity index (χ4v) is 0.947. The van der Waals surface area contributed by atoms with Crippen LogP contribution in [0.25, 0.3) is 0 Å². The number of rotatable bonds is 2. The lowest BCUT2D eigenvalue weighted by molar-refractivity contribution is 0.100. The van der Waals surface area contributed by atoms with Crippen LogP contribution in [-0.4, -0.2) is 17.4 Å². The van der Waals surface area contributed by atoms with Gasteiger partial charge in [-0.05, 0) is 30.7 Å². The largest absolute Gasteiger partial charge is 0.508 e. The summed E-state index contributed by atoms with van der Waals surface area (Å²) in [7, 11) is 0. The molecule has 64 valence electrons. The Morgan fingerprint density at radius 2 is 2.25 bits per heavy atom. The topological polar surface area (TPSA) is 63.3 Å². The zero-order valence-electron chi connectivity index (χ0n) is 6.87. The van der Waals surface area contributed by atoms with Gasteiger partial charge in [-0.25, -0.2) is 0 Å². The first-order valence-electron chi connectivity index (χ1n) is 3.68. The number of ketones is 1. The molecule has 1 aromatic carbocycles. The van der Waals surface area contributed by atoms with E-state index in [1.165, 1.54) is 6.07 Å². The number of hydrogen-bond acceptors (Lipinski definition) is 3.